The SMILES string of the molecule is CCCC[C@@H](CC(=O)O)C(C)(C)I. The lowest BCUT2D eigenvalue weighted by Gasteiger charge is -2.27. The Hall–Kier alpha value is 0.200. The molecule has 0 bridgehead atoms. The second-order valence-electron chi connectivity index (χ2n) is 4.00. The monoisotopic (exact) mass is 298 g/mol. The molecule has 0 unspecified atom stereocenters. The van der Waals surface area contributed by atoms with Crippen LogP contribution in [0, 0.1) is 5.92 Å². The van der Waals surface area contributed by atoms with Crippen molar-refractivity contribution in [2.75, 3.05) is 0 Å². The van der Waals surface area contributed by atoms with Crippen molar-refractivity contribution in [3.63, 3.8) is 0 Å². The lowest BCUT2D eigenvalue weighted by atomic mass is 9.88. The fourth-order valence-corrected chi connectivity index (χ4v) is 1.88. The molecule has 0 saturated carbocycles. The van der Waals surface area contributed by atoms with Crippen LogP contribution in [0.4, 0.5) is 0 Å². The van der Waals surface area contributed by atoms with Crippen molar-refractivity contribution in [3.05, 3.63) is 0 Å². The molecule has 0 aromatic carbocycles. The zero-order valence-electron chi connectivity index (χ0n) is 8.64. The molecule has 0 aliphatic carbocycles. The summed E-state index contributed by atoms with van der Waals surface area (Å²) in [6.07, 6.45) is 3.60. The van der Waals surface area contributed by atoms with E-state index >= 15 is 0 Å². The lowest BCUT2D eigenvalue weighted by molar-refractivity contribution is -0.138. The van der Waals surface area contributed by atoms with Gasteiger partial charge in [-0.25, -0.2) is 0 Å². The number of halogens is 1. The predicted molar refractivity (Wildman–Crippen MR) is 63.4 cm³/mol. The van der Waals surface area contributed by atoms with Crippen molar-refractivity contribution in [2.24, 2.45) is 5.92 Å². The number of carboxylic acids is 1. The van der Waals surface area contributed by atoms with E-state index in [0.29, 0.717) is 12.3 Å². The molecule has 1 N–H and O–H groups in total. The Balaban J connectivity index is 4.11. The van der Waals surface area contributed by atoms with Crippen LogP contribution in [0.5, 0.6) is 0 Å². The van der Waals surface area contributed by atoms with Crippen molar-refractivity contribution in [3.8, 4) is 0 Å². The number of alkyl halides is 1. The number of hydrogen-bond acceptors (Lipinski definition) is 1. The summed E-state index contributed by atoms with van der Waals surface area (Å²) in [7, 11) is 0. The predicted octanol–water partition coefficient (Wildman–Crippen LogP) is 3.48. The smallest absolute Gasteiger partial charge is 0.303 e. The summed E-state index contributed by atoms with van der Waals surface area (Å²) >= 11 is 2.35. The molecule has 2 nitrogen and oxygen atoms in total. The van der Waals surface area contributed by atoms with Crippen LogP contribution in [-0.4, -0.2) is 14.5 Å². The Morgan fingerprint density at radius 2 is 2.08 bits per heavy atom. The van der Waals surface area contributed by atoms with Gasteiger partial charge in [-0.05, 0) is 12.3 Å². The number of carbonyl (C=O) groups is 1. The van der Waals surface area contributed by atoms with Crippen molar-refractivity contribution < 1.29 is 9.90 Å². The maximum absolute atomic E-state index is 10.6. The molecule has 0 spiro atoms. The minimum atomic E-state index is -0.675. The van der Waals surface area contributed by atoms with Gasteiger partial charge >= 0.3 is 5.97 Å². The number of carboxylic acid groups (broad SMARTS) is 1. The highest BCUT2D eigenvalue weighted by Crippen LogP contribution is 2.33. The van der Waals surface area contributed by atoms with Gasteiger partial charge in [-0.2, -0.15) is 0 Å². The highest BCUT2D eigenvalue weighted by Gasteiger charge is 2.27. The average Bonchev–Trinajstić information content (AvgIpc) is 1.95. The number of aliphatic carboxylic acids is 1. The summed E-state index contributed by atoms with van der Waals surface area (Å²) < 4.78 is 0.0886. The van der Waals surface area contributed by atoms with Gasteiger partial charge in [-0.1, -0.05) is 56.2 Å². The molecule has 0 aromatic rings. The Morgan fingerprint density at radius 1 is 1.54 bits per heavy atom. The van der Waals surface area contributed by atoms with Crippen LogP contribution in [0.15, 0.2) is 0 Å². The summed E-state index contributed by atoms with van der Waals surface area (Å²) in [5.74, 6) is -0.378. The quantitative estimate of drug-likeness (QED) is 0.602. The van der Waals surface area contributed by atoms with E-state index in [1.54, 1.807) is 0 Å². The third kappa shape index (κ3) is 6.29. The number of unbranched alkanes of at least 4 members (excludes halogenated alkanes) is 1. The minimum Gasteiger partial charge on any atom is -0.481 e. The third-order valence-electron chi connectivity index (χ3n) is 2.30. The third-order valence-corrected chi connectivity index (χ3v) is 3.18. The minimum absolute atomic E-state index is 0.0886. The molecule has 3 heteroatoms. The van der Waals surface area contributed by atoms with E-state index in [-0.39, 0.29) is 3.42 Å². The van der Waals surface area contributed by atoms with Crippen LogP contribution in [0.3, 0.4) is 0 Å². The van der Waals surface area contributed by atoms with Crippen molar-refractivity contribution in [1.29, 1.82) is 0 Å². The zero-order chi connectivity index (χ0) is 10.5. The van der Waals surface area contributed by atoms with E-state index in [0.717, 1.165) is 19.3 Å². The molecular weight excluding hydrogens is 279 g/mol. The molecule has 0 amide bonds. The van der Waals surface area contributed by atoms with Crippen LogP contribution < -0.4 is 0 Å². The second-order valence-corrected chi connectivity index (χ2v) is 6.78. The summed E-state index contributed by atoms with van der Waals surface area (Å²) in [6, 6.07) is 0. The molecule has 78 valence electrons. The van der Waals surface area contributed by atoms with E-state index in [1.165, 1.54) is 0 Å². The van der Waals surface area contributed by atoms with Gasteiger partial charge in [0.15, 0.2) is 0 Å². The molecule has 0 aliphatic heterocycles. The van der Waals surface area contributed by atoms with Crippen LogP contribution in [-0.2, 0) is 4.79 Å². The fourth-order valence-electron chi connectivity index (χ4n) is 1.35. The van der Waals surface area contributed by atoms with E-state index in [1.807, 2.05) is 0 Å². The molecule has 1 atom stereocenters. The molecule has 0 radical (unpaired) electrons. The van der Waals surface area contributed by atoms with Crippen LogP contribution in [0.25, 0.3) is 0 Å². The summed E-state index contributed by atoms with van der Waals surface area (Å²) in [5, 5.41) is 8.74. The Morgan fingerprint density at radius 3 is 2.38 bits per heavy atom. The summed E-state index contributed by atoms with van der Waals surface area (Å²) in [5.41, 5.74) is 0. The van der Waals surface area contributed by atoms with E-state index < -0.39 is 5.97 Å². The molecule has 0 aromatic heterocycles. The Kier molecular flexibility index (Phi) is 5.92. The topological polar surface area (TPSA) is 37.3 Å². The Bertz CT molecular complexity index is 161. The van der Waals surface area contributed by atoms with E-state index in [2.05, 4.69) is 43.4 Å². The number of hydrogen-bond donors (Lipinski definition) is 1. The van der Waals surface area contributed by atoms with Gasteiger partial charge < -0.3 is 5.11 Å². The normalized spacial score (nSPS) is 14.2. The van der Waals surface area contributed by atoms with Gasteiger partial charge in [0, 0.05) is 9.84 Å². The van der Waals surface area contributed by atoms with Gasteiger partial charge in [-0.15, -0.1) is 0 Å². The molecular formula is C10H19IO2. The largest absolute Gasteiger partial charge is 0.481 e. The highest BCUT2D eigenvalue weighted by molar-refractivity contribution is 14.1. The van der Waals surface area contributed by atoms with Crippen LogP contribution in [0.2, 0.25) is 0 Å². The maximum atomic E-state index is 10.6. The molecule has 0 heterocycles. The van der Waals surface area contributed by atoms with Crippen molar-refractivity contribution >= 4 is 28.6 Å². The first-order chi connectivity index (χ1) is 5.88. The van der Waals surface area contributed by atoms with E-state index in [4.69, 9.17) is 5.11 Å². The zero-order valence-corrected chi connectivity index (χ0v) is 10.8. The fraction of sp³-hybridized carbons (Fsp3) is 0.900. The first-order valence-electron chi connectivity index (χ1n) is 4.78. The molecule has 0 fully saturated rings. The molecule has 0 aliphatic rings. The highest BCUT2D eigenvalue weighted by atomic mass is 127. The standard InChI is InChI=1S/C10H19IO2/c1-4-5-6-8(7-9(12)13)10(2,3)11/h8H,4-7H2,1-3H3,(H,12,13)/t8-/m0/s1. The average molecular weight is 298 g/mol. The van der Waals surface area contributed by atoms with E-state index in [9.17, 15) is 4.79 Å². The first kappa shape index (κ1) is 13.2. The van der Waals surface area contributed by atoms with Crippen molar-refractivity contribution in [1.82, 2.24) is 0 Å². The maximum Gasteiger partial charge on any atom is 0.303 e. The Labute approximate surface area is 94.2 Å². The molecule has 0 saturated heterocycles. The summed E-state index contributed by atoms with van der Waals surface area (Å²) in [6.45, 7) is 6.35. The van der Waals surface area contributed by atoms with Gasteiger partial charge in [0.05, 0.1) is 0 Å². The van der Waals surface area contributed by atoms with Gasteiger partial charge in [0.25, 0.3) is 0 Å². The molecule has 0 rings (SSSR count). The number of rotatable bonds is 6. The first-order valence-corrected chi connectivity index (χ1v) is 5.86. The van der Waals surface area contributed by atoms with Crippen LogP contribution >= 0.6 is 22.6 Å². The summed E-state index contributed by atoms with van der Waals surface area (Å²) in [4.78, 5) is 10.6. The lowest BCUT2D eigenvalue weighted by Crippen LogP contribution is -2.26. The van der Waals surface area contributed by atoms with Gasteiger partial charge in [0.1, 0.15) is 0 Å². The molecule has 13 heavy (non-hydrogen) atoms. The van der Waals surface area contributed by atoms with Crippen molar-refractivity contribution in [2.45, 2.75) is 49.9 Å². The van der Waals surface area contributed by atoms with Gasteiger partial charge in [-0.3, -0.25) is 4.79 Å². The van der Waals surface area contributed by atoms with Gasteiger partial charge in [0.2, 0.25) is 0 Å². The van der Waals surface area contributed by atoms with Crippen LogP contribution in [0.1, 0.15) is 46.5 Å². The second kappa shape index (κ2) is 5.83.